The molecule has 3 aromatic carbocycles. The van der Waals surface area contributed by atoms with Crippen molar-refractivity contribution < 1.29 is 18.7 Å². The van der Waals surface area contributed by atoms with E-state index < -0.39 is 0 Å². The molecule has 0 aliphatic carbocycles. The lowest BCUT2D eigenvalue weighted by Crippen LogP contribution is -2.38. The number of nitrogens with one attached hydrogen (secondary N) is 1. The Labute approximate surface area is 179 Å². The number of anilines is 2. The average molecular weight is 416 g/mol. The first-order valence-corrected chi connectivity index (χ1v) is 9.86. The molecule has 31 heavy (non-hydrogen) atoms. The van der Waals surface area contributed by atoms with Crippen LogP contribution >= 0.6 is 0 Å². The molecule has 5 nitrogen and oxygen atoms in total. The summed E-state index contributed by atoms with van der Waals surface area (Å²) in [6.45, 7) is 1.96. The lowest BCUT2D eigenvalue weighted by molar-refractivity contribution is -0.121. The maximum absolute atomic E-state index is 14.1. The molecule has 0 radical (unpaired) electrons. The summed E-state index contributed by atoms with van der Waals surface area (Å²) in [5, 5.41) is 2.79. The number of carbonyl (C=O) groups excluding carboxylic acids is 2. The van der Waals surface area contributed by atoms with E-state index in [4.69, 9.17) is 4.74 Å². The van der Waals surface area contributed by atoms with Gasteiger partial charge in [0.15, 0.2) is 6.61 Å². The summed E-state index contributed by atoms with van der Waals surface area (Å²) in [5.41, 5.74) is 3.46. The second-order valence-electron chi connectivity index (χ2n) is 7.28. The van der Waals surface area contributed by atoms with E-state index in [1.807, 2.05) is 31.2 Å². The van der Waals surface area contributed by atoms with Gasteiger partial charge in [0.05, 0.1) is 12.2 Å². The molecule has 4 rings (SSSR count). The van der Waals surface area contributed by atoms with E-state index in [1.165, 1.54) is 17.0 Å². The minimum Gasteiger partial charge on any atom is -0.482 e. The second kappa shape index (κ2) is 8.83. The fourth-order valence-corrected chi connectivity index (χ4v) is 3.28. The number of hydrogen-bond acceptors (Lipinski definition) is 3. The van der Waals surface area contributed by atoms with E-state index in [0.717, 1.165) is 11.1 Å². The zero-order chi connectivity index (χ0) is 21.8. The molecule has 0 aromatic heterocycles. The van der Waals surface area contributed by atoms with Crippen LogP contribution in [0.2, 0.25) is 0 Å². The summed E-state index contributed by atoms with van der Waals surface area (Å²) >= 11 is 0. The third kappa shape index (κ3) is 4.80. The third-order valence-electron chi connectivity index (χ3n) is 4.96. The van der Waals surface area contributed by atoms with Gasteiger partial charge in [-0.15, -0.1) is 0 Å². The van der Waals surface area contributed by atoms with Crippen molar-refractivity contribution in [3.8, 4) is 5.75 Å². The number of aryl methyl sites for hydroxylation is 1. The zero-order valence-electron chi connectivity index (χ0n) is 17.0. The molecular weight excluding hydrogens is 395 g/mol. The summed E-state index contributed by atoms with van der Waals surface area (Å²) < 4.78 is 19.6. The Morgan fingerprint density at radius 2 is 1.90 bits per heavy atom. The van der Waals surface area contributed by atoms with E-state index in [-0.39, 0.29) is 30.8 Å². The Kier molecular flexibility index (Phi) is 5.80. The Bertz CT molecular complexity index is 1160. The number of halogens is 1. The summed E-state index contributed by atoms with van der Waals surface area (Å²) in [4.78, 5) is 26.3. The molecule has 1 heterocycles. The number of benzene rings is 3. The van der Waals surface area contributed by atoms with Gasteiger partial charge in [-0.25, -0.2) is 4.39 Å². The Morgan fingerprint density at radius 3 is 2.68 bits per heavy atom. The standard InChI is InChI=1S/C25H21FN2O3/c1-17-6-8-18(9-7-17)10-13-24(29)27-20-11-12-23-22(14-20)28(25(30)16-31-23)15-19-4-2-3-5-21(19)26/h2-14H,15-16H2,1H3,(H,27,29)/b13-10+. The molecule has 0 unspecified atom stereocenters. The van der Waals surface area contributed by atoms with Gasteiger partial charge in [0.1, 0.15) is 11.6 Å². The van der Waals surface area contributed by atoms with Gasteiger partial charge in [-0.3, -0.25) is 9.59 Å². The van der Waals surface area contributed by atoms with Gasteiger partial charge in [-0.2, -0.15) is 0 Å². The van der Waals surface area contributed by atoms with Crippen LogP contribution in [0.4, 0.5) is 15.8 Å². The Balaban J connectivity index is 1.53. The van der Waals surface area contributed by atoms with Crippen molar-refractivity contribution in [3.63, 3.8) is 0 Å². The normalized spacial score (nSPS) is 13.1. The van der Waals surface area contributed by atoms with E-state index in [1.54, 1.807) is 42.5 Å². The second-order valence-corrected chi connectivity index (χ2v) is 7.28. The number of fused-ring (bicyclic) bond motifs is 1. The first-order chi connectivity index (χ1) is 15.0. The number of carbonyl (C=O) groups is 2. The van der Waals surface area contributed by atoms with Crippen LogP contribution in [-0.4, -0.2) is 18.4 Å². The lowest BCUT2D eigenvalue weighted by Gasteiger charge is -2.30. The van der Waals surface area contributed by atoms with Gasteiger partial charge in [0.2, 0.25) is 5.91 Å². The molecular formula is C25H21FN2O3. The molecule has 0 fully saturated rings. The monoisotopic (exact) mass is 416 g/mol. The van der Waals surface area contributed by atoms with Crippen molar-refractivity contribution in [2.45, 2.75) is 13.5 Å². The molecule has 1 aliphatic rings. The maximum Gasteiger partial charge on any atom is 0.265 e. The first-order valence-electron chi connectivity index (χ1n) is 9.86. The maximum atomic E-state index is 14.1. The van der Waals surface area contributed by atoms with E-state index in [2.05, 4.69) is 5.32 Å². The fraction of sp³-hybridized carbons (Fsp3) is 0.120. The molecule has 0 atom stereocenters. The molecule has 1 aliphatic heterocycles. The number of nitrogens with zero attached hydrogens (tertiary/aromatic N) is 1. The summed E-state index contributed by atoms with van der Waals surface area (Å²) in [6.07, 6.45) is 3.17. The van der Waals surface area contributed by atoms with Gasteiger partial charge >= 0.3 is 0 Å². The van der Waals surface area contributed by atoms with Gasteiger partial charge in [-0.05, 0) is 42.8 Å². The fourth-order valence-electron chi connectivity index (χ4n) is 3.28. The molecule has 3 aromatic rings. The van der Waals surface area contributed by atoms with Crippen LogP contribution in [0.3, 0.4) is 0 Å². The highest BCUT2D eigenvalue weighted by molar-refractivity contribution is 6.03. The minimum absolute atomic E-state index is 0.0760. The number of ether oxygens (including phenoxy) is 1. The van der Waals surface area contributed by atoms with Crippen molar-refractivity contribution in [2.24, 2.45) is 0 Å². The number of hydrogen-bond donors (Lipinski definition) is 1. The van der Waals surface area contributed by atoms with Crippen LogP contribution in [0.1, 0.15) is 16.7 Å². The van der Waals surface area contributed by atoms with Crippen molar-refractivity contribution in [2.75, 3.05) is 16.8 Å². The van der Waals surface area contributed by atoms with Gasteiger partial charge in [-0.1, -0.05) is 48.0 Å². The molecule has 0 saturated carbocycles. The van der Waals surface area contributed by atoms with Gasteiger partial charge < -0.3 is 15.0 Å². The van der Waals surface area contributed by atoms with Gasteiger partial charge in [0, 0.05) is 17.3 Å². The van der Waals surface area contributed by atoms with Crippen molar-refractivity contribution >= 4 is 29.3 Å². The number of rotatable bonds is 5. The molecule has 156 valence electrons. The van der Waals surface area contributed by atoms with Gasteiger partial charge in [0.25, 0.3) is 5.91 Å². The van der Waals surface area contributed by atoms with Crippen LogP contribution in [-0.2, 0) is 16.1 Å². The molecule has 2 amide bonds. The Morgan fingerprint density at radius 1 is 1.13 bits per heavy atom. The molecule has 6 heteroatoms. The highest BCUT2D eigenvalue weighted by atomic mass is 19.1. The Hall–Kier alpha value is -3.93. The SMILES string of the molecule is Cc1ccc(/C=C/C(=O)Nc2ccc3c(c2)N(Cc2ccccc2F)C(=O)CO3)cc1. The van der Waals surface area contributed by atoms with Crippen molar-refractivity contribution in [1.29, 1.82) is 0 Å². The van der Waals surface area contributed by atoms with Crippen LogP contribution in [0, 0.1) is 12.7 Å². The first kappa shape index (κ1) is 20.3. The summed E-state index contributed by atoms with van der Waals surface area (Å²) in [6, 6.07) is 19.2. The van der Waals surface area contributed by atoms with E-state index in [9.17, 15) is 14.0 Å². The summed E-state index contributed by atoms with van der Waals surface area (Å²) in [5.74, 6) is -0.457. The number of amides is 2. The molecule has 0 spiro atoms. The van der Waals surface area contributed by atoms with E-state index >= 15 is 0 Å². The lowest BCUT2D eigenvalue weighted by atomic mass is 10.1. The summed E-state index contributed by atoms with van der Waals surface area (Å²) in [7, 11) is 0. The third-order valence-corrected chi connectivity index (χ3v) is 4.96. The van der Waals surface area contributed by atoms with Crippen molar-refractivity contribution in [1.82, 2.24) is 0 Å². The molecule has 0 bridgehead atoms. The molecule has 0 saturated heterocycles. The molecule has 1 N–H and O–H groups in total. The topological polar surface area (TPSA) is 58.6 Å². The quantitative estimate of drug-likeness (QED) is 0.613. The highest BCUT2D eigenvalue weighted by Gasteiger charge is 2.26. The van der Waals surface area contributed by atoms with Crippen molar-refractivity contribution in [3.05, 3.63) is 95.3 Å². The minimum atomic E-state index is -0.381. The predicted molar refractivity (Wildman–Crippen MR) is 118 cm³/mol. The smallest absolute Gasteiger partial charge is 0.265 e. The van der Waals surface area contributed by atoms with Crippen LogP contribution in [0.5, 0.6) is 5.75 Å². The van der Waals surface area contributed by atoms with Crippen LogP contribution in [0.25, 0.3) is 6.08 Å². The average Bonchev–Trinajstić information content (AvgIpc) is 2.77. The largest absolute Gasteiger partial charge is 0.482 e. The predicted octanol–water partition coefficient (Wildman–Crippen LogP) is 4.71. The highest BCUT2D eigenvalue weighted by Crippen LogP contribution is 2.35. The van der Waals surface area contributed by atoms with E-state index in [0.29, 0.717) is 22.7 Å². The van der Waals surface area contributed by atoms with Crippen LogP contribution < -0.4 is 15.0 Å². The zero-order valence-corrected chi connectivity index (χ0v) is 17.0. The van der Waals surface area contributed by atoms with Crippen LogP contribution in [0.15, 0.2) is 72.8 Å².